The van der Waals surface area contributed by atoms with Crippen LogP contribution in [0.5, 0.6) is 0 Å². The van der Waals surface area contributed by atoms with Gasteiger partial charge in [-0.25, -0.2) is 0 Å². The summed E-state index contributed by atoms with van der Waals surface area (Å²) in [5.74, 6) is 0. The minimum atomic E-state index is 0.328. The van der Waals surface area contributed by atoms with Crippen LogP contribution in [0.15, 0.2) is 18.2 Å². The summed E-state index contributed by atoms with van der Waals surface area (Å²) in [5, 5.41) is 13.2. The van der Waals surface area contributed by atoms with Crippen molar-refractivity contribution >= 4 is 29.1 Å². The quantitative estimate of drug-likeness (QED) is 0.893. The monoisotopic (exact) mass is 280 g/mol. The van der Waals surface area contributed by atoms with Gasteiger partial charge < -0.3 is 5.32 Å². The molecule has 2 rings (SSSR count). The van der Waals surface area contributed by atoms with Gasteiger partial charge in [0.05, 0.1) is 11.3 Å². The number of nitrogens with one attached hydrogen (secondary N) is 1. The van der Waals surface area contributed by atoms with E-state index in [4.69, 9.17) is 16.9 Å². The lowest BCUT2D eigenvalue weighted by Gasteiger charge is -2.27. The van der Waals surface area contributed by atoms with Gasteiger partial charge in [0.1, 0.15) is 6.07 Å². The van der Waals surface area contributed by atoms with Crippen molar-refractivity contribution in [2.75, 3.05) is 18.1 Å². The molecule has 0 spiro atoms. The third-order valence-electron chi connectivity index (χ3n) is 3.65. The molecular weight excluding hydrogens is 264 g/mol. The first kappa shape index (κ1) is 13.6. The number of hydrogen-bond acceptors (Lipinski definition) is 3. The van der Waals surface area contributed by atoms with Crippen molar-refractivity contribution in [3.8, 4) is 6.07 Å². The molecule has 18 heavy (non-hydrogen) atoms. The van der Waals surface area contributed by atoms with Crippen LogP contribution in [0.4, 0.5) is 5.69 Å². The highest BCUT2D eigenvalue weighted by Crippen LogP contribution is 2.40. The van der Waals surface area contributed by atoms with Crippen LogP contribution in [-0.4, -0.2) is 17.5 Å². The van der Waals surface area contributed by atoms with Crippen LogP contribution in [0, 0.1) is 11.3 Å². The largest absolute Gasteiger partial charge is 0.383 e. The molecule has 0 aromatic heterocycles. The van der Waals surface area contributed by atoms with Gasteiger partial charge in [0.25, 0.3) is 0 Å². The van der Waals surface area contributed by atoms with E-state index in [1.807, 2.05) is 17.8 Å². The predicted octanol–water partition coefficient (Wildman–Crippen LogP) is 4.30. The zero-order chi connectivity index (χ0) is 13.0. The van der Waals surface area contributed by atoms with Gasteiger partial charge in [0, 0.05) is 16.3 Å². The second-order valence-corrected chi connectivity index (χ2v) is 6.46. The number of hydrogen-bond donors (Lipinski definition) is 1. The van der Waals surface area contributed by atoms with Gasteiger partial charge in [0.15, 0.2) is 0 Å². The van der Waals surface area contributed by atoms with Crippen LogP contribution in [-0.2, 0) is 0 Å². The Labute approximate surface area is 118 Å². The zero-order valence-electron chi connectivity index (χ0n) is 10.5. The van der Waals surface area contributed by atoms with Crippen LogP contribution >= 0.6 is 23.4 Å². The molecule has 0 bridgehead atoms. The average molecular weight is 281 g/mol. The lowest BCUT2D eigenvalue weighted by molar-refractivity contribution is 0.640. The van der Waals surface area contributed by atoms with E-state index in [0.717, 1.165) is 12.2 Å². The molecule has 0 heterocycles. The fourth-order valence-electron chi connectivity index (χ4n) is 2.49. The third-order valence-corrected chi connectivity index (χ3v) is 5.30. The number of nitriles is 1. The number of nitrogens with zero attached hydrogens (tertiary/aromatic N) is 1. The summed E-state index contributed by atoms with van der Waals surface area (Å²) in [6, 6.07) is 7.56. The van der Waals surface area contributed by atoms with E-state index in [1.165, 1.54) is 25.7 Å². The van der Waals surface area contributed by atoms with Gasteiger partial charge in [-0.1, -0.05) is 24.4 Å². The summed E-state index contributed by atoms with van der Waals surface area (Å²) in [6.07, 6.45) is 7.30. The molecule has 0 radical (unpaired) electrons. The molecule has 1 aliphatic carbocycles. The van der Waals surface area contributed by atoms with Gasteiger partial charge in [-0.2, -0.15) is 17.0 Å². The molecule has 1 aliphatic rings. The number of anilines is 1. The van der Waals surface area contributed by atoms with Gasteiger partial charge in [-0.15, -0.1) is 0 Å². The van der Waals surface area contributed by atoms with Crippen molar-refractivity contribution in [1.29, 1.82) is 5.26 Å². The van der Waals surface area contributed by atoms with Gasteiger partial charge >= 0.3 is 0 Å². The van der Waals surface area contributed by atoms with E-state index < -0.39 is 0 Å². The van der Waals surface area contributed by atoms with Gasteiger partial charge in [-0.05, 0) is 37.3 Å². The Morgan fingerprint density at radius 3 is 2.78 bits per heavy atom. The molecular formula is C14H17ClN2S. The van der Waals surface area contributed by atoms with E-state index >= 15 is 0 Å². The maximum atomic E-state index is 9.08. The van der Waals surface area contributed by atoms with Crippen molar-refractivity contribution in [3.63, 3.8) is 0 Å². The maximum absolute atomic E-state index is 9.08. The van der Waals surface area contributed by atoms with Crippen LogP contribution in [0.3, 0.4) is 0 Å². The summed E-state index contributed by atoms with van der Waals surface area (Å²) in [7, 11) is 0. The topological polar surface area (TPSA) is 35.8 Å². The minimum Gasteiger partial charge on any atom is -0.383 e. The van der Waals surface area contributed by atoms with E-state index in [9.17, 15) is 0 Å². The van der Waals surface area contributed by atoms with Crippen molar-refractivity contribution < 1.29 is 0 Å². The van der Waals surface area contributed by atoms with Crippen LogP contribution in [0.25, 0.3) is 0 Å². The van der Waals surface area contributed by atoms with Crippen LogP contribution < -0.4 is 5.32 Å². The summed E-state index contributed by atoms with van der Waals surface area (Å²) in [6.45, 7) is 0.906. The summed E-state index contributed by atoms with van der Waals surface area (Å²) in [5.41, 5.74) is 1.51. The van der Waals surface area contributed by atoms with E-state index in [-0.39, 0.29) is 0 Å². The number of thioether (sulfide) groups is 1. The van der Waals surface area contributed by atoms with E-state index in [0.29, 0.717) is 15.3 Å². The Kier molecular flexibility index (Phi) is 4.42. The standard InChI is InChI=1S/C14H17ClN2S/c1-18-14(6-2-3-7-14)10-17-13-8-12(15)5-4-11(13)9-16/h4-5,8,17H,2-3,6-7,10H2,1H3. The SMILES string of the molecule is CSC1(CNc2cc(Cl)ccc2C#N)CCCC1. The molecule has 0 amide bonds. The van der Waals surface area contributed by atoms with Crippen molar-refractivity contribution in [1.82, 2.24) is 0 Å². The average Bonchev–Trinajstić information content (AvgIpc) is 2.86. The Hall–Kier alpha value is -0.850. The normalized spacial score (nSPS) is 17.4. The Morgan fingerprint density at radius 2 is 2.17 bits per heavy atom. The Bertz CT molecular complexity index is 461. The summed E-state index contributed by atoms with van der Waals surface area (Å²) < 4.78 is 0.328. The predicted molar refractivity (Wildman–Crippen MR) is 79.4 cm³/mol. The molecule has 2 nitrogen and oxygen atoms in total. The van der Waals surface area contributed by atoms with Gasteiger partial charge in [0.2, 0.25) is 0 Å². The maximum Gasteiger partial charge on any atom is 0.101 e. The highest BCUT2D eigenvalue weighted by Gasteiger charge is 2.32. The number of rotatable bonds is 4. The van der Waals surface area contributed by atoms with Crippen molar-refractivity contribution in [2.45, 2.75) is 30.4 Å². The number of benzene rings is 1. The van der Waals surface area contributed by atoms with Crippen LogP contribution in [0.2, 0.25) is 5.02 Å². The molecule has 1 N–H and O–H groups in total. The fraction of sp³-hybridized carbons (Fsp3) is 0.500. The second kappa shape index (κ2) is 5.86. The van der Waals surface area contributed by atoms with Gasteiger partial charge in [-0.3, -0.25) is 0 Å². The lowest BCUT2D eigenvalue weighted by atomic mass is 10.1. The first-order chi connectivity index (χ1) is 8.69. The highest BCUT2D eigenvalue weighted by molar-refractivity contribution is 8.00. The smallest absolute Gasteiger partial charge is 0.101 e. The molecule has 0 saturated heterocycles. The molecule has 0 atom stereocenters. The molecule has 0 aliphatic heterocycles. The molecule has 1 saturated carbocycles. The van der Waals surface area contributed by atoms with E-state index in [2.05, 4.69) is 17.6 Å². The Morgan fingerprint density at radius 1 is 1.44 bits per heavy atom. The molecule has 1 aromatic carbocycles. The highest BCUT2D eigenvalue weighted by atomic mass is 35.5. The number of halogens is 1. The Balaban J connectivity index is 2.10. The second-order valence-electron chi connectivity index (χ2n) is 4.75. The summed E-state index contributed by atoms with van der Waals surface area (Å²) >= 11 is 7.92. The van der Waals surface area contributed by atoms with Crippen molar-refractivity contribution in [3.05, 3.63) is 28.8 Å². The fourth-order valence-corrected chi connectivity index (χ4v) is 3.57. The molecule has 1 aromatic rings. The minimum absolute atomic E-state index is 0.328. The summed E-state index contributed by atoms with van der Waals surface area (Å²) in [4.78, 5) is 0. The first-order valence-electron chi connectivity index (χ1n) is 6.18. The third kappa shape index (κ3) is 2.93. The lowest BCUT2D eigenvalue weighted by Crippen LogP contribution is -2.30. The van der Waals surface area contributed by atoms with Crippen molar-refractivity contribution in [2.24, 2.45) is 0 Å². The molecule has 0 unspecified atom stereocenters. The zero-order valence-corrected chi connectivity index (χ0v) is 12.1. The molecule has 1 fully saturated rings. The van der Waals surface area contributed by atoms with Crippen LogP contribution in [0.1, 0.15) is 31.2 Å². The molecule has 4 heteroatoms. The first-order valence-corrected chi connectivity index (χ1v) is 7.78. The van der Waals surface area contributed by atoms with E-state index in [1.54, 1.807) is 12.1 Å². The molecule has 96 valence electrons.